The van der Waals surface area contributed by atoms with Gasteiger partial charge in [0.05, 0.1) is 17.2 Å². The van der Waals surface area contributed by atoms with Crippen LogP contribution in [0.4, 0.5) is 10.1 Å². The van der Waals surface area contributed by atoms with Gasteiger partial charge in [-0.25, -0.2) is 12.8 Å². The highest BCUT2D eigenvalue weighted by Crippen LogP contribution is 2.19. The zero-order chi connectivity index (χ0) is 14.8. The van der Waals surface area contributed by atoms with Gasteiger partial charge in [-0.2, -0.15) is 0 Å². The molecule has 2 rings (SSSR count). The van der Waals surface area contributed by atoms with Crippen LogP contribution in [0, 0.1) is 5.82 Å². The van der Waals surface area contributed by atoms with E-state index in [2.05, 4.69) is 26.6 Å². The van der Waals surface area contributed by atoms with E-state index in [4.69, 9.17) is 0 Å². The van der Waals surface area contributed by atoms with Gasteiger partial charge in [0, 0.05) is 23.5 Å². The highest BCUT2D eigenvalue weighted by atomic mass is 79.9. The van der Waals surface area contributed by atoms with E-state index < -0.39 is 27.6 Å². The standard InChI is InChI=1S/C12H14BrFN2O3S/c13-8-1-2-11(10(14)5-8)16-12(17)6-9-7-20(18,19)4-3-15-9/h1-2,5,9,15H,3-4,6-7H2,(H,16,17). The number of carbonyl (C=O) groups is 1. The van der Waals surface area contributed by atoms with Crippen LogP contribution >= 0.6 is 15.9 Å². The molecular formula is C12H14BrFN2O3S. The molecule has 0 radical (unpaired) electrons. The van der Waals surface area contributed by atoms with E-state index >= 15 is 0 Å². The molecule has 110 valence electrons. The van der Waals surface area contributed by atoms with Crippen LogP contribution in [-0.4, -0.2) is 38.4 Å². The molecule has 8 heteroatoms. The Hall–Kier alpha value is -0.990. The van der Waals surface area contributed by atoms with E-state index in [1.54, 1.807) is 6.07 Å². The molecule has 1 aliphatic rings. The summed E-state index contributed by atoms with van der Waals surface area (Å²) >= 11 is 3.13. The molecule has 0 aliphatic carbocycles. The van der Waals surface area contributed by atoms with Crippen LogP contribution in [0.5, 0.6) is 0 Å². The Kier molecular flexibility index (Phi) is 4.77. The van der Waals surface area contributed by atoms with Gasteiger partial charge in [0.1, 0.15) is 5.82 Å². The summed E-state index contributed by atoms with van der Waals surface area (Å²) < 4.78 is 37.0. The number of benzene rings is 1. The van der Waals surface area contributed by atoms with Gasteiger partial charge >= 0.3 is 0 Å². The highest BCUT2D eigenvalue weighted by molar-refractivity contribution is 9.10. The second kappa shape index (κ2) is 6.19. The van der Waals surface area contributed by atoms with Crippen molar-refractivity contribution in [1.82, 2.24) is 5.32 Å². The summed E-state index contributed by atoms with van der Waals surface area (Å²) in [5, 5.41) is 5.42. The number of hydrogen-bond acceptors (Lipinski definition) is 4. The summed E-state index contributed by atoms with van der Waals surface area (Å²) in [5.41, 5.74) is 0.0804. The molecule has 1 aliphatic heterocycles. The zero-order valence-electron chi connectivity index (χ0n) is 10.5. The molecule has 1 aromatic carbocycles. The zero-order valence-corrected chi connectivity index (χ0v) is 12.9. The summed E-state index contributed by atoms with van der Waals surface area (Å²) in [5.74, 6) is -0.937. The van der Waals surface area contributed by atoms with Crippen LogP contribution in [0.15, 0.2) is 22.7 Å². The smallest absolute Gasteiger partial charge is 0.226 e. The van der Waals surface area contributed by atoms with Gasteiger partial charge in [0.2, 0.25) is 5.91 Å². The van der Waals surface area contributed by atoms with Gasteiger partial charge in [-0.05, 0) is 18.2 Å². The largest absolute Gasteiger partial charge is 0.324 e. The van der Waals surface area contributed by atoms with Crippen molar-refractivity contribution in [2.75, 3.05) is 23.4 Å². The normalized spacial score (nSPS) is 21.4. The maximum absolute atomic E-state index is 13.6. The topological polar surface area (TPSA) is 75.3 Å². The molecule has 20 heavy (non-hydrogen) atoms. The van der Waals surface area contributed by atoms with E-state index in [0.717, 1.165) is 0 Å². The van der Waals surface area contributed by atoms with Crippen molar-refractivity contribution in [1.29, 1.82) is 0 Å². The van der Waals surface area contributed by atoms with Crippen molar-refractivity contribution in [2.24, 2.45) is 0 Å². The van der Waals surface area contributed by atoms with Gasteiger partial charge in [0.25, 0.3) is 0 Å². The molecule has 0 spiro atoms. The molecule has 0 bridgehead atoms. The third-order valence-electron chi connectivity index (χ3n) is 2.94. The molecule has 1 heterocycles. The van der Waals surface area contributed by atoms with Gasteiger partial charge in [-0.1, -0.05) is 15.9 Å². The number of nitrogens with one attached hydrogen (secondary N) is 2. The van der Waals surface area contributed by atoms with Crippen LogP contribution < -0.4 is 10.6 Å². The Labute approximate surface area is 125 Å². The van der Waals surface area contributed by atoms with E-state index in [-0.39, 0.29) is 23.6 Å². The molecule has 0 saturated carbocycles. The molecule has 1 aromatic rings. The Morgan fingerprint density at radius 3 is 2.90 bits per heavy atom. The molecule has 1 atom stereocenters. The van der Waals surface area contributed by atoms with Gasteiger partial charge in [0.15, 0.2) is 9.84 Å². The van der Waals surface area contributed by atoms with Crippen molar-refractivity contribution in [3.05, 3.63) is 28.5 Å². The van der Waals surface area contributed by atoms with Crippen molar-refractivity contribution in [2.45, 2.75) is 12.5 Å². The number of anilines is 1. The Morgan fingerprint density at radius 2 is 2.25 bits per heavy atom. The molecule has 1 fully saturated rings. The third kappa shape index (κ3) is 4.26. The summed E-state index contributed by atoms with van der Waals surface area (Å²) in [6.07, 6.45) is -0.00522. The Bertz CT molecular complexity index is 621. The highest BCUT2D eigenvalue weighted by Gasteiger charge is 2.26. The predicted octanol–water partition coefficient (Wildman–Crippen LogP) is 1.30. The molecule has 1 amide bonds. The first-order valence-corrected chi connectivity index (χ1v) is 8.66. The summed E-state index contributed by atoms with van der Waals surface area (Å²) in [6, 6.07) is 3.88. The van der Waals surface area contributed by atoms with Crippen LogP contribution in [0.2, 0.25) is 0 Å². The molecule has 0 aromatic heterocycles. The minimum Gasteiger partial charge on any atom is -0.324 e. The second-order valence-electron chi connectivity index (χ2n) is 4.64. The van der Waals surface area contributed by atoms with Crippen molar-refractivity contribution in [3.63, 3.8) is 0 Å². The van der Waals surface area contributed by atoms with Crippen LogP contribution in [-0.2, 0) is 14.6 Å². The van der Waals surface area contributed by atoms with Gasteiger partial charge < -0.3 is 10.6 Å². The fourth-order valence-electron chi connectivity index (χ4n) is 2.01. The number of halogens is 2. The molecule has 1 saturated heterocycles. The molecular weight excluding hydrogens is 351 g/mol. The predicted molar refractivity (Wildman–Crippen MR) is 77.8 cm³/mol. The SMILES string of the molecule is O=C(CC1CS(=O)(=O)CCN1)Nc1ccc(Br)cc1F. The fourth-order valence-corrected chi connectivity index (χ4v) is 3.79. The van der Waals surface area contributed by atoms with E-state index in [1.165, 1.54) is 12.1 Å². The number of hydrogen-bond donors (Lipinski definition) is 2. The van der Waals surface area contributed by atoms with Crippen LogP contribution in [0.25, 0.3) is 0 Å². The summed E-state index contributed by atoms with van der Waals surface area (Å²) in [6.45, 7) is 0.340. The third-order valence-corrected chi connectivity index (χ3v) is 5.17. The van der Waals surface area contributed by atoms with E-state index in [9.17, 15) is 17.6 Å². The lowest BCUT2D eigenvalue weighted by molar-refractivity contribution is -0.116. The summed E-state index contributed by atoms with van der Waals surface area (Å²) in [4.78, 5) is 11.8. The van der Waals surface area contributed by atoms with Crippen LogP contribution in [0.1, 0.15) is 6.42 Å². The number of rotatable bonds is 3. The lowest BCUT2D eigenvalue weighted by atomic mass is 10.2. The van der Waals surface area contributed by atoms with Gasteiger partial charge in [-0.15, -0.1) is 0 Å². The maximum Gasteiger partial charge on any atom is 0.226 e. The minimum absolute atomic E-state index is 0.00522. The summed E-state index contributed by atoms with van der Waals surface area (Å²) in [7, 11) is -3.09. The maximum atomic E-state index is 13.6. The first-order chi connectivity index (χ1) is 9.35. The number of carbonyl (C=O) groups excluding carboxylic acids is 1. The number of sulfone groups is 1. The van der Waals surface area contributed by atoms with Crippen molar-refractivity contribution >= 4 is 37.4 Å². The average Bonchev–Trinajstić information content (AvgIpc) is 2.31. The van der Waals surface area contributed by atoms with E-state index in [0.29, 0.717) is 11.0 Å². The first kappa shape index (κ1) is 15.4. The molecule has 2 N–H and O–H groups in total. The monoisotopic (exact) mass is 364 g/mol. The lowest BCUT2D eigenvalue weighted by Crippen LogP contribution is -2.46. The van der Waals surface area contributed by atoms with Crippen molar-refractivity contribution in [3.8, 4) is 0 Å². The fraction of sp³-hybridized carbons (Fsp3) is 0.417. The first-order valence-electron chi connectivity index (χ1n) is 6.04. The Balaban J connectivity index is 1.95. The van der Waals surface area contributed by atoms with E-state index in [1.807, 2.05) is 0 Å². The van der Waals surface area contributed by atoms with Crippen LogP contribution in [0.3, 0.4) is 0 Å². The number of amides is 1. The quantitative estimate of drug-likeness (QED) is 0.847. The Morgan fingerprint density at radius 1 is 1.50 bits per heavy atom. The van der Waals surface area contributed by atoms with Gasteiger partial charge in [-0.3, -0.25) is 4.79 Å². The lowest BCUT2D eigenvalue weighted by Gasteiger charge is -2.23. The average molecular weight is 365 g/mol. The molecule has 5 nitrogen and oxygen atoms in total. The minimum atomic E-state index is -3.09. The van der Waals surface area contributed by atoms with Crippen molar-refractivity contribution < 1.29 is 17.6 Å². The second-order valence-corrected chi connectivity index (χ2v) is 7.79. The molecule has 1 unspecified atom stereocenters.